The number of carbonyl (C=O) groups excluding carboxylic acids is 1. The largest absolute Gasteiger partial charge is 0.493 e. The van der Waals surface area contributed by atoms with Gasteiger partial charge in [-0.25, -0.2) is 9.97 Å². The minimum absolute atomic E-state index is 0.0379. The first-order chi connectivity index (χ1) is 16.7. The van der Waals surface area contributed by atoms with Crippen LogP contribution in [0.3, 0.4) is 0 Å². The van der Waals surface area contributed by atoms with E-state index >= 15 is 0 Å². The third-order valence-electron chi connectivity index (χ3n) is 6.04. The molecule has 8 heteroatoms. The van der Waals surface area contributed by atoms with Gasteiger partial charge in [0, 0.05) is 18.0 Å². The Bertz CT molecular complexity index is 1120. The Morgan fingerprint density at radius 3 is 2.62 bits per heavy atom. The van der Waals surface area contributed by atoms with Gasteiger partial charge in [0.05, 0.1) is 25.5 Å². The number of methoxy groups -OCH3 is 2. The van der Waals surface area contributed by atoms with Crippen molar-refractivity contribution in [3.05, 3.63) is 48.0 Å². The van der Waals surface area contributed by atoms with Crippen LogP contribution in [0.25, 0.3) is 10.9 Å². The molecule has 0 saturated heterocycles. The fraction of sp³-hybridized carbons (Fsp3) is 0.423. The van der Waals surface area contributed by atoms with Crippen molar-refractivity contribution < 1.29 is 14.3 Å². The SMILES string of the molecule is COc1ccc(CCNC(=O)CSc2nc(NC3CCCCC3)c3ccccc3n2)cc1OC. The summed E-state index contributed by atoms with van der Waals surface area (Å²) in [5, 5.41) is 8.26. The van der Waals surface area contributed by atoms with Crippen molar-refractivity contribution in [2.45, 2.75) is 49.7 Å². The molecule has 0 atom stereocenters. The molecule has 1 heterocycles. The number of rotatable bonds is 10. The smallest absolute Gasteiger partial charge is 0.230 e. The van der Waals surface area contributed by atoms with Gasteiger partial charge < -0.3 is 20.1 Å². The van der Waals surface area contributed by atoms with Crippen LogP contribution in [0.5, 0.6) is 11.5 Å². The molecule has 1 amide bonds. The van der Waals surface area contributed by atoms with Crippen LogP contribution in [-0.4, -0.2) is 48.4 Å². The van der Waals surface area contributed by atoms with E-state index in [2.05, 4.69) is 21.7 Å². The summed E-state index contributed by atoms with van der Waals surface area (Å²) in [6.07, 6.45) is 6.87. The molecule has 3 aromatic rings. The summed E-state index contributed by atoms with van der Waals surface area (Å²) in [4.78, 5) is 21.9. The average molecular weight is 481 g/mol. The fourth-order valence-electron chi connectivity index (χ4n) is 4.23. The maximum Gasteiger partial charge on any atom is 0.230 e. The normalized spacial score (nSPS) is 14.1. The lowest BCUT2D eigenvalue weighted by atomic mass is 9.95. The van der Waals surface area contributed by atoms with Crippen molar-refractivity contribution in [1.29, 1.82) is 0 Å². The molecule has 7 nitrogen and oxygen atoms in total. The number of para-hydroxylation sites is 1. The number of amides is 1. The molecule has 2 aromatic carbocycles. The third kappa shape index (κ3) is 6.32. The summed E-state index contributed by atoms with van der Waals surface area (Å²) < 4.78 is 10.6. The Hall–Kier alpha value is -3.00. The van der Waals surface area contributed by atoms with E-state index in [1.54, 1.807) is 14.2 Å². The zero-order valence-corrected chi connectivity index (χ0v) is 20.6. The summed E-state index contributed by atoms with van der Waals surface area (Å²) in [5.74, 6) is 2.48. The molecule has 4 rings (SSSR count). The van der Waals surface area contributed by atoms with Crippen molar-refractivity contribution in [2.75, 3.05) is 31.8 Å². The van der Waals surface area contributed by atoms with Crippen molar-refractivity contribution in [2.24, 2.45) is 0 Å². The molecule has 0 radical (unpaired) electrons. The lowest BCUT2D eigenvalue weighted by Crippen LogP contribution is -2.27. The summed E-state index contributed by atoms with van der Waals surface area (Å²) in [6, 6.07) is 14.3. The molecule has 1 saturated carbocycles. The highest BCUT2D eigenvalue weighted by molar-refractivity contribution is 7.99. The van der Waals surface area contributed by atoms with Crippen LogP contribution in [-0.2, 0) is 11.2 Å². The second kappa shape index (κ2) is 11.9. The Balaban J connectivity index is 1.33. The van der Waals surface area contributed by atoms with Gasteiger partial charge in [-0.05, 0) is 49.1 Å². The molecule has 0 spiro atoms. The van der Waals surface area contributed by atoms with E-state index in [-0.39, 0.29) is 11.7 Å². The molecule has 1 aliphatic rings. The Morgan fingerprint density at radius 2 is 1.82 bits per heavy atom. The number of aromatic nitrogens is 2. The fourth-order valence-corrected chi connectivity index (χ4v) is 4.91. The summed E-state index contributed by atoms with van der Waals surface area (Å²) in [7, 11) is 3.23. The lowest BCUT2D eigenvalue weighted by Gasteiger charge is -2.24. The Labute approximate surface area is 205 Å². The number of thioether (sulfide) groups is 1. The highest BCUT2D eigenvalue weighted by Crippen LogP contribution is 2.29. The molecule has 0 unspecified atom stereocenters. The molecular formula is C26H32N4O3S. The molecular weight excluding hydrogens is 448 g/mol. The van der Waals surface area contributed by atoms with Gasteiger partial charge >= 0.3 is 0 Å². The molecule has 2 N–H and O–H groups in total. The van der Waals surface area contributed by atoms with Crippen molar-refractivity contribution in [1.82, 2.24) is 15.3 Å². The number of hydrogen-bond acceptors (Lipinski definition) is 7. The van der Waals surface area contributed by atoms with Crippen LogP contribution in [0.15, 0.2) is 47.6 Å². The summed E-state index contributed by atoms with van der Waals surface area (Å²) in [5.41, 5.74) is 1.97. The monoisotopic (exact) mass is 480 g/mol. The van der Waals surface area contributed by atoms with E-state index in [1.807, 2.05) is 36.4 Å². The average Bonchev–Trinajstić information content (AvgIpc) is 2.88. The van der Waals surface area contributed by atoms with Gasteiger partial charge in [-0.1, -0.05) is 49.2 Å². The van der Waals surface area contributed by atoms with Crippen LogP contribution < -0.4 is 20.1 Å². The second-order valence-electron chi connectivity index (χ2n) is 8.43. The predicted molar refractivity (Wildman–Crippen MR) is 137 cm³/mol. The van der Waals surface area contributed by atoms with Crippen LogP contribution in [0.1, 0.15) is 37.7 Å². The number of benzene rings is 2. The predicted octanol–water partition coefficient (Wildman–Crippen LogP) is 4.84. The van der Waals surface area contributed by atoms with Gasteiger partial charge in [-0.2, -0.15) is 0 Å². The molecule has 1 aliphatic carbocycles. The molecule has 0 bridgehead atoms. The number of nitrogens with one attached hydrogen (secondary N) is 2. The minimum Gasteiger partial charge on any atom is -0.493 e. The Kier molecular flexibility index (Phi) is 8.46. The van der Waals surface area contributed by atoms with E-state index in [0.717, 1.165) is 22.3 Å². The van der Waals surface area contributed by atoms with Gasteiger partial charge in [0.25, 0.3) is 0 Å². The van der Waals surface area contributed by atoms with Crippen LogP contribution >= 0.6 is 11.8 Å². The first kappa shape index (κ1) is 24.1. The van der Waals surface area contributed by atoms with E-state index in [9.17, 15) is 4.79 Å². The number of ether oxygens (including phenoxy) is 2. The highest BCUT2D eigenvalue weighted by Gasteiger charge is 2.16. The Morgan fingerprint density at radius 1 is 1.03 bits per heavy atom. The third-order valence-corrected chi connectivity index (χ3v) is 6.89. The van der Waals surface area contributed by atoms with Crippen LogP contribution in [0, 0.1) is 0 Å². The van der Waals surface area contributed by atoms with Gasteiger partial charge in [-0.3, -0.25) is 4.79 Å². The number of fused-ring (bicyclic) bond motifs is 1. The number of anilines is 1. The second-order valence-corrected chi connectivity index (χ2v) is 9.37. The summed E-state index contributed by atoms with van der Waals surface area (Å²) in [6.45, 7) is 0.544. The zero-order valence-electron chi connectivity index (χ0n) is 19.8. The standard InChI is InChI=1S/C26H32N4O3S/c1-32-22-13-12-18(16-23(22)33-2)14-15-27-24(31)17-34-26-29-21-11-7-6-10-20(21)25(30-26)28-19-8-4-3-5-9-19/h6-7,10-13,16,19H,3-5,8-9,14-15,17H2,1-2H3,(H,27,31)(H,28,29,30). The molecule has 34 heavy (non-hydrogen) atoms. The number of hydrogen-bond donors (Lipinski definition) is 2. The minimum atomic E-state index is -0.0379. The highest BCUT2D eigenvalue weighted by atomic mass is 32.2. The van der Waals surface area contributed by atoms with Crippen molar-refractivity contribution >= 4 is 34.4 Å². The van der Waals surface area contributed by atoms with Crippen LogP contribution in [0.4, 0.5) is 5.82 Å². The van der Waals surface area contributed by atoms with Gasteiger partial charge in [0.15, 0.2) is 16.7 Å². The molecule has 1 fully saturated rings. The molecule has 180 valence electrons. The van der Waals surface area contributed by atoms with E-state index in [1.165, 1.54) is 43.9 Å². The van der Waals surface area contributed by atoms with E-state index < -0.39 is 0 Å². The topological polar surface area (TPSA) is 85.4 Å². The van der Waals surface area contributed by atoms with Crippen molar-refractivity contribution in [3.8, 4) is 11.5 Å². The van der Waals surface area contributed by atoms with Crippen molar-refractivity contribution in [3.63, 3.8) is 0 Å². The molecule has 1 aromatic heterocycles. The van der Waals surface area contributed by atoms with E-state index in [0.29, 0.717) is 35.7 Å². The maximum absolute atomic E-state index is 12.4. The quantitative estimate of drug-likeness (QED) is 0.317. The van der Waals surface area contributed by atoms with Gasteiger partial charge in [-0.15, -0.1) is 0 Å². The number of nitrogens with zero attached hydrogens (tertiary/aromatic N) is 2. The maximum atomic E-state index is 12.4. The number of carbonyl (C=O) groups is 1. The zero-order chi connectivity index (χ0) is 23.8. The van der Waals surface area contributed by atoms with Gasteiger partial charge in [0.1, 0.15) is 5.82 Å². The van der Waals surface area contributed by atoms with Crippen LogP contribution in [0.2, 0.25) is 0 Å². The first-order valence-electron chi connectivity index (χ1n) is 11.8. The first-order valence-corrected chi connectivity index (χ1v) is 12.8. The van der Waals surface area contributed by atoms with E-state index in [4.69, 9.17) is 14.5 Å². The lowest BCUT2D eigenvalue weighted by molar-refractivity contribution is -0.118. The molecule has 0 aliphatic heterocycles. The van der Waals surface area contributed by atoms with Gasteiger partial charge in [0.2, 0.25) is 5.91 Å². The summed E-state index contributed by atoms with van der Waals surface area (Å²) >= 11 is 1.37.